The summed E-state index contributed by atoms with van der Waals surface area (Å²) in [6, 6.07) is 7.86. The Labute approximate surface area is 105 Å². The minimum Gasteiger partial charge on any atom is -0.479 e. The molecule has 5 heteroatoms. The number of aryl methyl sites for hydroxylation is 1. The van der Waals surface area contributed by atoms with Crippen LogP contribution in [0.5, 0.6) is 0 Å². The number of rotatable bonds is 5. The van der Waals surface area contributed by atoms with E-state index in [-0.39, 0.29) is 6.61 Å². The maximum Gasteiger partial charge on any atom is 0.332 e. The van der Waals surface area contributed by atoms with Crippen LogP contribution in [0.1, 0.15) is 19.5 Å². The molecule has 2 rings (SSSR count). The average Bonchev–Trinajstić information content (AvgIpc) is 2.74. The number of benzene rings is 1. The molecule has 0 bridgehead atoms. The van der Waals surface area contributed by atoms with Crippen molar-refractivity contribution in [3.05, 3.63) is 30.0 Å². The zero-order chi connectivity index (χ0) is 13.1. The van der Waals surface area contributed by atoms with Gasteiger partial charge in [0.25, 0.3) is 0 Å². The van der Waals surface area contributed by atoms with E-state index < -0.39 is 12.1 Å². The van der Waals surface area contributed by atoms with Crippen molar-refractivity contribution in [3.8, 4) is 0 Å². The summed E-state index contributed by atoms with van der Waals surface area (Å²) in [5, 5.41) is 14.2. The van der Waals surface area contributed by atoms with Crippen LogP contribution >= 0.6 is 0 Å². The van der Waals surface area contributed by atoms with E-state index in [0.717, 1.165) is 23.1 Å². The van der Waals surface area contributed by atoms with Crippen LogP contribution < -0.4 is 0 Å². The van der Waals surface area contributed by atoms with E-state index in [1.165, 1.54) is 6.92 Å². The lowest BCUT2D eigenvalue weighted by Crippen LogP contribution is -2.19. The normalized spacial score (nSPS) is 12.8. The van der Waals surface area contributed by atoms with Gasteiger partial charge in [0, 0.05) is 11.9 Å². The van der Waals surface area contributed by atoms with Crippen molar-refractivity contribution in [3.63, 3.8) is 0 Å². The third-order valence-electron chi connectivity index (χ3n) is 2.85. The summed E-state index contributed by atoms with van der Waals surface area (Å²) in [6.07, 6.45) is -0.824. The number of fused-ring (bicyclic) bond motifs is 1. The van der Waals surface area contributed by atoms with Crippen molar-refractivity contribution >= 4 is 16.9 Å². The molecule has 2 aromatic rings. The first-order valence-corrected chi connectivity index (χ1v) is 5.92. The molecule has 1 aromatic carbocycles. The van der Waals surface area contributed by atoms with Crippen LogP contribution in [0.25, 0.3) is 10.9 Å². The maximum atomic E-state index is 10.7. The molecule has 0 fully saturated rings. The van der Waals surface area contributed by atoms with Gasteiger partial charge in [-0.25, -0.2) is 4.79 Å². The van der Waals surface area contributed by atoms with Gasteiger partial charge in [0.05, 0.1) is 17.8 Å². The molecule has 1 N–H and O–H groups in total. The molecule has 0 saturated heterocycles. The Morgan fingerprint density at radius 2 is 2.22 bits per heavy atom. The van der Waals surface area contributed by atoms with E-state index in [4.69, 9.17) is 9.84 Å². The lowest BCUT2D eigenvalue weighted by atomic mass is 10.2. The van der Waals surface area contributed by atoms with E-state index in [1.807, 2.05) is 35.9 Å². The largest absolute Gasteiger partial charge is 0.479 e. The summed E-state index contributed by atoms with van der Waals surface area (Å²) in [5.41, 5.74) is 1.82. The zero-order valence-electron chi connectivity index (χ0n) is 10.5. The van der Waals surface area contributed by atoms with Gasteiger partial charge in [0.15, 0.2) is 6.10 Å². The van der Waals surface area contributed by atoms with Crippen molar-refractivity contribution in [2.24, 2.45) is 0 Å². The van der Waals surface area contributed by atoms with Crippen LogP contribution in [0.15, 0.2) is 24.3 Å². The number of carboxylic acids is 1. The fraction of sp³-hybridized carbons (Fsp3) is 0.385. The topological polar surface area (TPSA) is 64.4 Å². The van der Waals surface area contributed by atoms with E-state index in [9.17, 15) is 4.79 Å². The van der Waals surface area contributed by atoms with Gasteiger partial charge in [0.2, 0.25) is 0 Å². The van der Waals surface area contributed by atoms with Gasteiger partial charge in [-0.05, 0) is 19.9 Å². The molecule has 0 radical (unpaired) electrons. The first kappa shape index (κ1) is 12.6. The number of carbonyl (C=O) groups is 1. The van der Waals surface area contributed by atoms with Crippen LogP contribution in [0.4, 0.5) is 0 Å². The highest BCUT2D eigenvalue weighted by Crippen LogP contribution is 2.19. The highest BCUT2D eigenvalue weighted by molar-refractivity contribution is 5.81. The molecule has 5 nitrogen and oxygen atoms in total. The number of carboxylic acid groups (broad SMARTS) is 1. The molecule has 0 amide bonds. The second-order valence-electron chi connectivity index (χ2n) is 4.07. The summed E-state index contributed by atoms with van der Waals surface area (Å²) < 4.78 is 7.17. The molecule has 1 atom stereocenters. The number of hydrogen-bond donors (Lipinski definition) is 1. The van der Waals surface area contributed by atoms with Gasteiger partial charge in [0.1, 0.15) is 0 Å². The molecule has 96 valence electrons. The molecule has 18 heavy (non-hydrogen) atoms. The maximum absolute atomic E-state index is 10.7. The molecule has 0 aliphatic carbocycles. The number of ether oxygens (including phenoxy) is 1. The lowest BCUT2D eigenvalue weighted by molar-refractivity contribution is -0.149. The van der Waals surface area contributed by atoms with Gasteiger partial charge in [-0.3, -0.25) is 4.68 Å². The standard InChI is InChI=1S/C13H16N2O3/c1-3-15-12-7-5-4-6-10(12)11(14-15)8-18-9(2)13(16)17/h4-7,9H,3,8H2,1-2H3,(H,16,17)/t9-/m0/s1. The molecular weight excluding hydrogens is 232 g/mol. The summed E-state index contributed by atoms with van der Waals surface area (Å²) >= 11 is 0. The van der Waals surface area contributed by atoms with Gasteiger partial charge in [-0.2, -0.15) is 5.10 Å². The minimum absolute atomic E-state index is 0.209. The van der Waals surface area contributed by atoms with Crippen LogP contribution in [-0.4, -0.2) is 27.0 Å². The number of nitrogens with zero attached hydrogens (tertiary/aromatic N) is 2. The molecule has 0 aliphatic rings. The Hall–Kier alpha value is -1.88. The third-order valence-corrected chi connectivity index (χ3v) is 2.85. The fourth-order valence-electron chi connectivity index (χ4n) is 1.82. The summed E-state index contributed by atoms with van der Waals surface area (Å²) in [5.74, 6) is -0.964. The van der Waals surface area contributed by atoms with Crippen LogP contribution in [-0.2, 0) is 22.7 Å². The second-order valence-corrected chi connectivity index (χ2v) is 4.07. The van der Waals surface area contributed by atoms with E-state index in [0.29, 0.717) is 0 Å². The average molecular weight is 248 g/mol. The van der Waals surface area contributed by atoms with Crippen molar-refractivity contribution in [2.75, 3.05) is 0 Å². The Balaban J connectivity index is 2.25. The molecule has 0 unspecified atom stereocenters. The predicted octanol–water partition coefficient (Wildman–Crippen LogP) is 2.05. The Morgan fingerprint density at radius 3 is 2.89 bits per heavy atom. The minimum atomic E-state index is -0.964. The highest BCUT2D eigenvalue weighted by atomic mass is 16.5. The lowest BCUT2D eigenvalue weighted by Gasteiger charge is -2.06. The SMILES string of the molecule is CCn1nc(CO[C@@H](C)C(=O)O)c2ccccc21. The monoisotopic (exact) mass is 248 g/mol. The quantitative estimate of drug-likeness (QED) is 0.879. The van der Waals surface area contributed by atoms with Crippen LogP contribution in [0.3, 0.4) is 0 Å². The fourth-order valence-corrected chi connectivity index (χ4v) is 1.82. The van der Waals surface area contributed by atoms with Crippen molar-refractivity contribution in [2.45, 2.75) is 33.1 Å². The van der Waals surface area contributed by atoms with E-state index >= 15 is 0 Å². The number of aromatic nitrogens is 2. The second kappa shape index (κ2) is 5.18. The van der Waals surface area contributed by atoms with Gasteiger partial charge in [-0.15, -0.1) is 0 Å². The number of hydrogen-bond acceptors (Lipinski definition) is 3. The highest BCUT2D eigenvalue weighted by Gasteiger charge is 2.14. The summed E-state index contributed by atoms with van der Waals surface area (Å²) in [4.78, 5) is 10.7. The van der Waals surface area contributed by atoms with E-state index in [2.05, 4.69) is 5.10 Å². The van der Waals surface area contributed by atoms with Crippen molar-refractivity contribution < 1.29 is 14.6 Å². The van der Waals surface area contributed by atoms with Gasteiger partial charge >= 0.3 is 5.97 Å². The van der Waals surface area contributed by atoms with E-state index in [1.54, 1.807) is 0 Å². The molecule has 1 aromatic heterocycles. The number of aliphatic carboxylic acids is 1. The molecule has 0 spiro atoms. The van der Waals surface area contributed by atoms with Crippen molar-refractivity contribution in [1.82, 2.24) is 9.78 Å². The third kappa shape index (κ3) is 2.36. The first-order valence-electron chi connectivity index (χ1n) is 5.92. The molecular formula is C13H16N2O3. The van der Waals surface area contributed by atoms with Gasteiger partial charge in [-0.1, -0.05) is 18.2 Å². The first-order chi connectivity index (χ1) is 8.63. The van der Waals surface area contributed by atoms with Crippen LogP contribution in [0.2, 0.25) is 0 Å². The Kier molecular flexibility index (Phi) is 3.62. The molecule has 0 saturated carbocycles. The number of para-hydroxylation sites is 1. The van der Waals surface area contributed by atoms with Crippen molar-refractivity contribution in [1.29, 1.82) is 0 Å². The van der Waals surface area contributed by atoms with Crippen LogP contribution in [0, 0.1) is 0 Å². The molecule has 1 heterocycles. The smallest absolute Gasteiger partial charge is 0.332 e. The Morgan fingerprint density at radius 1 is 1.50 bits per heavy atom. The molecule has 0 aliphatic heterocycles. The summed E-state index contributed by atoms with van der Waals surface area (Å²) in [6.45, 7) is 4.52. The summed E-state index contributed by atoms with van der Waals surface area (Å²) in [7, 11) is 0. The predicted molar refractivity (Wildman–Crippen MR) is 67.3 cm³/mol. The van der Waals surface area contributed by atoms with Gasteiger partial charge < -0.3 is 9.84 Å². The Bertz CT molecular complexity index is 562. The zero-order valence-corrected chi connectivity index (χ0v) is 10.5.